The summed E-state index contributed by atoms with van der Waals surface area (Å²) in [6, 6.07) is 0.218. The van der Waals surface area contributed by atoms with E-state index in [-0.39, 0.29) is 6.04 Å². The number of hydrogen-bond acceptors (Lipinski definition) is 2. The van der Waals surface area contributed by atoms with Crippen molar-refractivity contribution in [2.24, 2.45) is 11.7 Å². The van der Waals surface area contributed by atoms with Crippen molar-refractivity contribution >= 4 is 0 Å². The molecule has 86 valence electrons. The van der Waals surface area contributed by atoms with Gasteiger partial charge in [0.15, 0.2) is 0 Å². The Balaban J connectivity index is 2.45. The molecule has 0 aliphatic carbocycles. The fraction of sp³-hybridized carbons (Fsp3) is 0.750. The van der Waals surface area contributed by atoms with Gasteiger partial charge < -0.3 is 5.73 Å². The molecule has 0 saturated carbocycles. The molecule has 0 spiro atoms. The quantitative estimate of drug-likeness (QED) is 0.780. The molecule has 2 N–H and O–H groups in total. The SMILES string of the molecule is CCCC(C)Cn1cc(CC(C)N)cn1. The van der Waals surface area contributed by atoms with Crippen molar-refractivity contribution in [3.05, 3.63) is 18.0 Å². The largest absolute Gasteiger partial charge is 0.328 e. The third-order valence-corrected chi connectivity index (χ3v) is 2.52. The second kappa shape index (κ2) is 5.91. The fourth-order valence-electron chi connectivity index (χ4n) is 1.89. The lowest BCUT2D eigenvalue weighted by Crippen LogP contribution is -2.17. The third kappa shape index (κ3) is 4.47. The zero-order valence-corrected chi connectivity index (χ0v) is 10.1. The minimum absolute atomic E-state index is 0.218. The molecule has 0 saturated heterocycles. The van der Waals surface area contributed by atoms with Crippen LogP contribution in [0.15, 0.2) is 12.4 Å². The summed E-state index contributed by atoms with van der Waals surface area (Å²) in [7, 11) is 0. The first-order valence-corrected chi connectivity index (χ1v) is 5.88. The summed E-state index contributed by atoms with van der Waals surface area (Å²) >= 11 is 0. The van der Waals surface area contributed by atoms with E-state index in [1.54, 1.807) is 0 Å². The molecule has 2 unspecified atom stereocenters. The summed E-state index contributed by atoms with van der Waals surface area (Å²) in [5.41, 5.74) is 6.99. The van der Waals surface area contributed by atoms with Gasteiger partial charge in [-0.2, -0.15) is 5.10 Å². The Kier molecular flexibility index (Phi) is 4.82. The van der Waals surface area contributed by atoms with Crippen LogP contribution in [-0.2, 0) is 13.0 Å². The van der Waals surface area contributed by atoms with Crippen LogP contribution >= 0.6 is 0 Å². The van der Waals surface area contributed by atoms with Gasteiger partial charge in [-0.25, -0.2) is 0 Å². The highest BCUT2D eigenvalue weighted by Crippen LogP contribution is 2.09. The molecular weight excluding hydrogens is 186 g/mol. The van der Waals surface area contributed by atoms with E-state index in [9.17, 15) is 0 Å². The molecule has 1 rings (SSSR count). The third-order valence-electron chi connectivity index (χ3n) is 2.52. The normalized spacial score (nSPS) is 15.2. The highest BCUT2D eigenvalue weighted by atomic mass is 15.3. The summed E-state index contributed by atoms with van der Waals surface area (Å²) in [6.45, 7) is 7.54. The van der Waals surface area contributed by atoms with Gasteiger partial charge >= 0.3 is 0 Å². The van der Waals surface area contributed by atoms with Crippen molar-refractivity contribution in [2.75, 3.05) is 0 Å². The Labute approximate surface area is 92.7 Å². The lowest BCUT2D eigenvalue weighted by Gasteiger charge is -2.09. The molecule has 0 bridgehead atoms. The van der Waals surface area contributed by atoms with Gasteiger partial charge in [0.2, 0.25) is 0 Å². The molecule has 2 atom stereocenters. The standard InChI is InChI=1S/C12H23N3/c1-4-5-10(2)8-15-9-12(7-14-15)6-11(3)13/h7,9-11H,4-6,8,13H2,1-3H3. The van der Waals surface area contributed by atoms with E-state index in [1.165, 1.54) is 18.4 Å². The zero-order chi connectivity index (χ0) is 11.3. The predicted octanol–water partition coefficient (Wildman–Crippen LogP) is 2.21. The van der Waals surface area contributed by atoms with Crippen LogP contribution in [0.5, 0.6) is 0 Å². The number of nitrogens with two attached hydrogens (primary N) is 1. The molecule has 0 radical (unpaired) electrons. The number of hydrogen-bond donors (Lipinski definition) is 1. The van der Waals surface area contributed by atoms with Crippen LogP contribution in [0.2, 0.25) is 0 Å². The molecular formula is C12H23N3. The Morgan fingerprint density at radius 1 is 1.47 bits per heavy atom. The van der Waals surface area contributed by atoms with E-state index in [2.05, 4.69) is 25.1 Å². The maximum Gasteiger partial charge on any atom is 0.0522 e. The van der Waals surface area contributed by atoms with E-state index in [1.807, 2.05) is 17.8 Å². The first-order chi connectivity index (χ1) is 7.11. The molecule has 0 amide bonds. The van der Waals surface area contributed by atoms with Crippen LogP contribution in [0.1, 0.15) is 39.2 Å². The Morgan fingerprint density at radius 3 is 2.80 bits per heavy atom. The van der Waals surface area contributed by atoms with Crippen molar-refractivity contribution in [3.63, 3.8) is 0 Å². The lowest BCUT2D eigenvalue weighted by molar-refractivity contribution is 0.420. The molecule has 3 heteroatoms. The van der Waals surface area contributed by atoms with Crippen LogP contribution in [0, 0.1) is 5.92 Å². The predicted molar refractivity (Wildman–Crippen MR) is 63.7 cm³/mol. The number of rotatable bonds is 6. The van der Waals surface area contributed by atoms with Gasteiger partial charge in [-0.3, -0.25) is 4.68 Å². The molecule has 3 nitrogen and oxygen atoms in total. The first-order valence-electron chi connectivity index (χ1n) is 5.88. The molecule has 1 aromatic heterocycles. The van der Waals surface area contributed by atoms with Crippen molar-refractivity contribution < 1.29 is 0 Å². The molecule has 0 aliphatic heterocycles. The van der Waals surface area contributed by atoms with E-state index < -0.39 is 0 Å². The first kappa shape index (κ1) is 12.2. The van der Waals surface area contributed by atoms with Crippen LogP contribution in [0.3, 0.4) is 0 Å². The van der Waals surface area contributed by atoms with E-state index in [4.69, 9.17) is 5.73 Å². The maximum absolute atomic E-state index is 5.75. The van der Waals surface area contributed by atoms with Crippen LogP contribution in [-0.4, -0.2) is 15.8 Å². The molecule has 0 aromatic carbocycles. The summed E-state index contributed by atoms with van der Waals surface area (Å²) < 4.78 is 2.04. The van der Waals surface area contributed by atoms with Gasteiger partial charge in [-0.15, -0.1) is 0 Å². The topological polar surface area (TPSA) is 43.8 Å². The average Bonchev–Trinajstić information content (AvgIpc) is 2.51. The molecule has 0 fully saturated rings. The van der Waals surface area contributed by atoms with Crippen molar-refractivity contribution in [1.82, 2.24) is 9.78 Å². The minimum Gasteiger partial charge on any atom is -0.328 e. The number of nitrogens with zero attached hydrogens (tertiary/aromatic N) is 2. The molecule has 1 heterocycles. The van der Waals surface area contributed by atoms with Gasteiger partial charge in [0.05, 0.1) is 6.20 Å². The smallest absolute Gasteiger partial charge is 0.0522 e. The Hall–Kier alpha value is -0.830. The van der Waals surface area contributed by atoms with E-state index in [0.29, 0.717) is 5.92 Å². The highest BCUT2D eigenvalue weighted by Gasteiger charge is 2.05. The van der Waals surface area contributed by atoms with Crippen molar-refractivity contribution in [3.8, 4) is 0 Å². The second-order valence-electron chi connectivity index (χ2n) is 4.65. The summed E-state index contributed by atoms with van der Waals surface area (Å²) in [6.07, 6.45) is 7.48. The van der Waals surface area contributed by atoms with Gasteiger partial charge in [0.1, 0.15) is 0 Å². The fourth-order valence-corrected chi connectivity index (χ4v) is 1.89. The molecule has 15 heavy (non-hydrogen) atoms. The van der Waals surface area contributed by atoms with Gasteiger partial charge in [-0.05, 0) is 31.2 Å². The van der Waals surface area contributed by atoms with Crippen molar-refractivity contribution in [1.29, 1.82) is 0 Å². The second-order valence-corrected chi connectivity index (χ2v) is 4.65. The van der Waals surface area contributed by atoms with E-state index >= 15 is 0 Å². The molecule has 1 aromatic rings. The average molecular weight is 209 g/mol. The zero-order valence-electron chi connectivity index (χ0n) is 10.1. The van der Waals surface area contributed by atoms with E-state index in [0.717, 1.165) is 13.0 Å². The van der Waals surface area contributed by atoms with Gasteiger partial charge in [0, 0.05) is 18.8 Å². The van der Waals surface area contributed by atoms with Crippen molar-refractivity contribution in [2.45, 2.75) is 52.6 Å². The summed E-state index contributed by atoms with van der Waals surface area (Å²) in [5.74, 6) is 0.707. The highest BCUT2D eigenvalue weighted by molar-refractivity contribution is 5.05. The lowest BCUT2D eigenvalue weighted by atomic mass is 10.1. The molecule has 0 aliphatic rings. The van der Waals surface area contributed by atoms with Crippen LogP contribution in [0.4, 0.5) is 0 Å². The van der Waals surface area contributed by atoms with Gasteiger partial charge in [0.25, 0.3) is 0 Å². The van der Waals surface area contributed by atoms with Crippen LogP contribution in [0.25, 0.3) is 0 Å². The number of aromatic nitrogens is 2. The Bertz CT molecular complexity index is 278. The Morgan fingerprint density at radius 2 is 2.20 bits per heavy atom. The monoisotopic (exact) mass is 209 g/mol. The summed E-state index contributed by atoms with van der Waals surface area (Å²) in [5, 5.41) is 4.35. The van der Waals surface area contributed by atoms with Gasteiger partial charge in [-0.1, -0.05) is 20.3 Å². The maximum atomic E-state index is 5.75. The summed E-state index contributed by atoms with van der Waals surface area (Å²) in [4.78, 5) is 0. The van der Waals surface area contributed by atoms with Crippen LogP contribution < -0.4 is 5.73 Å². The minimum atomic E-state index is 0.218.